The third kappa shape index (κ3) is 1.52. The van der Waals surface area contributed by atoms with Crippen LogP contribution in [0.5, 0.6) is 0 Å². The van der Waals surface area contributed by atoms with Crippen LogP contribution < -0.4 is 10.6 Å². The van der Waals surface area contributed by atoms with E-state index in [4.69, 9.17) is 0 Å². The Hall–Kier alpha value is -0.120. The third-order valence-electron chi connectivity index (χ3n) is 5.31. The molecule has 4 aliphatic heterocycles. The summed E-state index contributed by atoms with van der Waals surface area (Å²) >= 11 is 0. The van der Waals surface area contributed by atoms with Crippen molar-refractivity contribution in [3.8, 4) is 0 Å². The van der Waals surface area contributed by atoms with Gasteiger partial charge in [0.05, 0.1) is 0 Å². The molecule has 4 bridgehead atoms. The van der Waals surface area contributed by atoms with Gasteiger partial charge in [0.1, 0.15) is 0 Å². The molecular weight excluding hydrogens is 198 g/mol. The van der Waals surface area contributed by atoms with E-state index in [-0.39, 0.29) is 0 Å². The van der Waals surface area contributed by atoms with Crippen molar-refractivity contribution in [1.82, 2.24) is 15.5 Å². The van der Waals surface area contributed by atoms with Crippen LogP contribution in [-0.2, 0) is 0 Å². The summed E-state index contributed by atoms with van der Waals surface area (Å²) in [5.41, 5.74) is 0. The quantitative estimate of drug-likeness (QED) is 0.713. The molecule has 5 unspecified atom stereocenters. The summed E-state index contributed by atoms with van der Waals surface area (Å²) in [5.74, 6) is 0.951. The molecule has 2 N–H and O–H groups in total. The highest BCUT2D eigenvalue weighted by Crippen LogP contribution is 2.34. The number of piperazine rings is 1. The van der Waals surface area contributed by atoms with Gasteiger partial charge in [0.25, 0.3) is 0 Å². The van der Waals surface area contributed by atoms with Gasteiger partial charge in [0, 0.05) is 43.8 Å². The first-order valence-electron chi connectivity index (χ1n) is 7.12. The standard InChI is InChI=1S/C13H23N3/c1-2-10-4-9(13(3-1)15-10)7-16-8-11-5-12(16)6-14-11/h9-15H,1-8H2. The Morgan fingerprint density at radius 2 is 2.12 bits per heavy atom. The highest BCUT2D eigenvalue weighted by atomic mass is 15.3. The van der Waals surface area contributed by atoms with Crippen LogP contribution in [0.25, 0.3) is 0 Å². The minimum absolute atomic E-state index is 0.818. The molecule has 4 saturated heterocycles. The fourth-order valence-corrected chi connectivity index (χ4v) is 4.51. The lowest BCUT2D eigenvalue weighted by atomic mass is 9.97. The number of likely N-dealkylation sites (tertiary alicyclic amines) is 1. The van der Waals surface area contributed by atoms with Gasteiger partial charge in [-0.3, -0.25) is 4.90 Å². The Balaban J connectivity index is 1.40. The fraction of sp³-hybridized carbons (Fsp3) is 1.00. The largest absolute Gasteiger partial charge is 0.311 e. The van der Waals surface area contributed by atoms with Crippen LogP contribution in [0.15, 0.2) is 0 Å². The van der Waals surface area contributed by atoms with E-state index in [9.17, 15) is 0 Å². The molecule has 5 atom stereocenters. The van der Waals surface area contributed by atoms with Gasteiger partial charge in [0.2, 0.25) is 0 Å². The number of fused-ring (bicyclic) bond motifs is 4. The summed E-state index contributed by atoms with van der Waals surface area (Å²) in [7, 11) is 0. The van der Waals surface area contributed by atoms with E-state index < -0.39 is 0 Å². The summed E-state index contributed by atoms with van der Waals surface area (Å²) in [5, 5.41) is 7.42. The molecule has 3 heteroatoms. The van der Waals surface area contributed by atoms with E-state index >= 15 is 0 Å². The average Bonchev–Trinajstić information content (AvgIpc) is 2.96. The third-order valence-corrected chi connectivity index (χ3v) is 5.31. The lowest BCUT2D eigenvalue weighted by molar-refractivity contribution is 0.183. The van der Waals surface area contributed by atoms with Crippen molar-refractivity contribution in [2.75, 3.05) is 19.6 Å². The number of nitrogens with one attached hydrogen (secondary N) is 2. The van der Waals surface area contributed by atoms with Gasteiger partial charge in [-0.2, -0.15) is 0 Å². The van der Waals surface area contributed by atoms with Crippen LogP contribution in [-0.4, -0.2) is 48.7 Å². The molecule has 3 nitrogen and oxygen atoms in total. The summed E-state index contributed by atoms with van der Waals surface area (Å²) in [6.45, 7) is 3.94. The van der Waals surface area contributed by atoms with E-state index in [1.807, 2.05) is 0 Å². The predicted molar refractivity (Wildman–Crippen MR) is 64.4 cm³/mol. The van der Waals surface area contributed by atoms with Crippen molar-refractivity contribution in [1.29, 1.82) is 0 Å². The van der Waals surface area contributed by atoms with E-state index in [1.54, 1.807) is 0 Å². The molecule has 4 fully saturated rings. The van der Waals surface area contributed by atoms with Gasteiger partial charge >= 0.3 is 0 Å². The first kappa shape index (κ1) is 9.86. The molecule has 0 aromatic carbocycles. The summed E-state index contributed by atoms with van der Waals surface area (Å²) in [4.78, 5) is 2.77. The molecule has 0 spiro atoms. The van der Waals surface area contributed by atoms with Gasteiger partial charge < -0.3 is 10.6 Å². The maximum atomic E-state index is 3.82. The normalized spacial score (nSPS) is 51.4. The topological polar surface area (TPSA) is 27.3 Å². The van der Waals surface area contributed by atoms with Crippen LogP contribution in [0.1, 0.15) is 32.1 Å². The number of rotatable bonds is 2. The SMILES string of the molecule is C1CC2CC(CN3CC4CC3CN4)C(C1)N2. The monoisotopic (exact) mass is 221 g/mol. The van der Waals surface area contributed by atoms with Gasteiger partial charge in [-0.15, -0.1) is 0 Å². The van der Waals surface area contributed by atoms with Crippen molar-refractivity contribution in [3.05, 3.63) is 0 Å². The predicted octanol–water partition coefficient (Wildman–Crippen LogP) is 0.563. The Labute approximate surface area is 98.0 Å². The van der Waals surface area contributed by atoms with Crippen LogP contribution in [0, 0.1) is 5.92 Å². The van der Waals surface area contributed by atoms with E-state index in [2.05, 4.69) is 15.5 Å². The molecule has 0 aliphatic carbocycles. The highest BCUT2D eigenvalue weighted by molar-refractivity contribution is 5.01. The zero-order valence-electron chi connectivity index (χ0n) is 9.99. The highest BCUT2D eigenvalue weighted by Gasteiger charge is 2.42. The molecule has 0 amide bonds. The molecule has 4 aliphatic rings. The van der Waals surface area contributed by atoms with Crippen LogP contribution >= 0.6 is 0 Å². The molecule has 0 radical (unpaired) electrons. The van der Waals surface area contributed by atoms with Gasteiger partial charge in [-0.25, -0.2) is 0 Å². The Morgan fingerprint density at radius 1 is 1.12 bits per heavy atom. The Kier molecular flexibility index (Phi) is 2.27. The second-order valence-electron chi connectivity index (χ2n) is 6.35. The lowest BCUT2D eigenvalue weighted by Crippen LogP contribution is -2.47. The number of hydrogen-bond acceptors (Lipinski definition) is 3. The maximum Gasteiger partial charge on any atom is 0.0236 e. The minimum Gasteiger partial charge on any atom is -0.311 e. The van der Waals surface area contributed by atoms with Gasteiger partial charge in [-0.05, 0) is 31.6 Å². The average molecular weight is 221 g/mol. The molecular formula is C13H23N3. The first-order valence-corrected chi connectivity index (χ1v) is 7.12. The smallest absolute Gasteiger partial charge is 0.0236 e. The van der Waals surface area contributed by atoms with Crippen LogP contribution in [0.3, 0.4) is 0 Å². The zero-order chi connectivity index (χ0) is 10.5. The maximum absolute atomic E-state index is 3.82. The van der Waals surface area contributed by atoms with E-state index in [1.165, 1.54) is 51.7 Å². The lowest BCUT2D eigenvalue weighted by Gasteiger charge is -2.31. The molecule has 4 heterocycles. The molecule has 4 rings (SSSR count). The molecule has 16 heavy (non-hydrogen) atoms. The number of nitrogens with zero attached hydrogens (tertiary/aromatic N) is 1. The van der Waals surface area contributed by atoms with E-state index in [0.29, 0.717) is 0 Å². The van der Waals surface area contributed by atoms with Crippen molar-refractivity contribution >= 4 is 0 Å². The fourth-order valence-electron chi connectivity index (χ4n) is 4.51. The van der Waals surface area contributed by atoms with Crippen molar-refractivity contribution in [2.45, 2.75) is 56.3 Å². The second-order valence-corrected chi connectivity index (χ2v) is 6.35. The van der Waals surface area contributed by atoms with E-state index in [0.717, 1.165) is 30.1 Å². The summed E-state index contributed by atoms with van der Waals surface area (Å²) in [6, 6.07) is 3.40. The molecule has 0 aromatic rings. The second kappa shape index (κ2) is 3.69. The molecule has 0 saturated carbocycles. The number of hydrogen-bond donors (Lipinski definition) is 2. The van der Waals surface area contributed by atoms with Crippen LogP contribution in [0.2, 0.25) is 0 Å². The van der Waals surface area contributed by atoms with Crippen LogP contribution in [0.4, 0.5) is 0 Å². The Morgan fingerprint density at radius 3 is 2.88 bits per heavy atom. The first-order chi connectivity index (χ1) is 7.88. The molecule has 0 aromatic heterocycles. The Bertz CT molecular complexity index is 280. The zero-order valence-corrected chi connectivity index (χ0v) is 9.99. The van der Waals surface area contributed by atoms with Gasteiger partial charge in [-0.1, -0.05) is 6.42 Å². The van der Waals surface area contributed by atoms with Crippen molar-refractivity contribution < 1.29 is 0 Å². The minimum atomic E-state index is 0.818. The molecule has 90 valence electrons. The summed E-state index contributed by atoms with van der Waals surface area (Å²) in [6.07, 6.45) is 7.19. The number of piperidine rings is 1. The van der Waals surface area contributed by atoms with Crippen molar-refractivity contribution in [2.24, 2.45) is 5.92 Å². The van der Waals surface area contributed by atoms with Gasteiger partial charge in [0.15, 0.2) is 0 Å². The van der Waals surface area contributed by atoms with Crippen molar-refractivity contribution in [3.63, 3.8) is 0 Å². The summed E-state index contributed by atoms with van der Waals surface area (Å²) < 4.78 is 0.